The van der Waals surface area contributed by atoms with Gasteiger partial charge in [0.1, 0.15) is 10.6 Å². The normalized spacial score (nSPS) is 24.7. The molecule has 1 fully saturated rings. The van der Waals surface area contributed by atoms with Crippen LogP contribution < -0.4 is 5.32 Å². The van der Waals surface area contributed by atoms with Gasteiger partial charge >= 0.3 is 0 Å². The number of amides is 2. The first-order valence-corrected chi connectivity index (χ1v) is 5.67. The van der Waals surface area contributed by atoms with Crippen LogP contribution in [-0.2, 0) is 9.59 Å². The molecule has 1 aliphatic heterocycles. The van der Waals surface area contributed by atoms with Crippen LogP contribution in [0, 0.1) is 12.7 Å². The fourth-order valence-corrected chi connectivity index (χ4v) is 2.37. The van der Waals surface area contributed by atoms with Crippen LogP contribution >= 0.6 is 15.9 Å². The van der Waals surface area contributed by atoms with E-state index in [1.807, 2.05) is 0 Å². The molecular weight excluding hydrogens is 277 g/mol. The summed E-state index contributed by atoms with van der Waals surface area (Å²) in [5.74, 6) is -2.13. The number of alkyl halides is 1. The van der Waals surface area contributed by atoms with Gasteiger partial charge < -0.3 is 0 Å². The largest absolute Gasteiger partial charge is 0.295 e. The van der Waals surface area contributed by atoms with Gasteiger partial charge in [-0.05, 0) is 18.6 Å². The lowest BCUT2D eigenvalue weighted by atomic mass is 9.96. The summed E-state index contributed by atoms with van der Waals surface area (Å²) in [5, 5.41) is 2.17. The Kier molecular flexibility index (Phi) is 2.80. The summed E-state index contributed by atoms with van der Waals surface area (Å²) in [6.07, 6.45) is 0. The molecule has 2 atom stereocenters. The molecule has 1 aromatic rings. The Balaban J connectivity index is 2.44. The maximum Gasteiger partial charge on any atom is 0.241 e. The molecule has 1 heterocycles. The first-order chi connectivity index (χ1) is 7.50. The minimum Gasteiger partial charge on any atom is -0.295 e. The Morgan fingerprint density at radius 2 is 2.00 bits per heavy atom. The van der Waals surface area contributed by atoms with Crippen molar-refractivity contribution in [1.82, 2.24) is 5.32 Å². The Morgan fingerprint density at radius 1 is 1.31 bits per heavy atom. The molecule has 5 heteroatoms. The fourth-order valence-electron chi connectivity index (χ4n) is 1.74. The first-order valence-electron chi connectivity index (χ1n) is 4.75. The van der Waals surface area contributed by atoms with Gasteiger partial charge in [-0.15, -0.1) is 0 Å². The lowest BCUT2D eigenvalue weighted by Crippen LogP contribution is -2.22. The van der Waals surface area contributed by atoms with Crippen molar-refractivity contribution < 1.29 is 14.0 Å². The average Bonchev–Trinajstić information content (AvgIpc) is 2.43. The fraction of sp³-hybridized carbons (Fsp3) is 0.273. The first kappa shape index (κ1) is 11.3. The van der Waals surface area contributed by atoms with Crippen LogP contribution in [0.1, 0.15) is 17.0 Å². The quantitative estimate of drug-likeness (QED) is 0.630. The molecule has 1 aromatic carbocycles. The number of rotatable bonds is 1. The molecule has 1 N–H and O–H groups in total. The minimum absolute atomic E-state index is 0.246. The van der Waals surface area contributed by atoms with Crippen LogP contribution in [-0.4, -0.2) is 16.6 Å². The molecule has 3 nitrogen and oxygen atoms in total. The number of halogens is 2. The second kappa shape index (κ2) is 3.97. The summed E-state index contributed by atoms with van der Waals surface area (Å²) in [5.41, 5.74) is 1.02. The van der Waals surface area contributed by atoms with Crippen molar-refractivity contribution in [2.75, 3.05) is 0 Å². The maximum atomic E-state index is 13.7. The molecule has 0 spiro atoms. The van der Waals surface area contributed by atoms with E-state index in [0.717, 1.165) is 5.56 Å². The molecule has 84 valence electrons. The van der Waals surface area contributed by atoms with Crippen LogP contribution in [0.25, 0.3) is 0 Å². The number of hydrogen-bond acceptors (Lipinski definition) is 2. The van der Waals surface area contributed by atoms with Gasteiger partial charge in [-0.25, -0.2) is 4.39 Å². The van der Waals surface area contributed by atoms with E-state index in [0.29, 0.717) is 0 Å². The van der Waals surface area contributed by atoms with Gasteiger partial charge in [0.05, 0.1) is 5.92 Å². The molecule has 1 saturated heterocycles. The maximum absolute atomic E-state index is 13.7. The summed E-state index contributed by atoms with van der Waals surface area (Å²) in [6, 6.07) is 4.61. The molecular formula is C11H9BrFNO2. The van der Waals surface area contributed by atoms with Crippen molar-refractivity contribution in [3.8, 4) is 0 Å². The molecule has 0 aromatic heterocycles. The lowest BCUT2D eigenvalue weighted by molar-refractivity contribution is -0.125. The lowest BCUT2D eigenvalue weighted by Gasteiger charge is -2.11. The molecule has 0 saturated carbocycles. The molecule has 0 bridgehead atoms. The molecule has 0 radical (unpaired) electrons. The number of aryl methyl sites for hydroxylation is 1. The Hall–Kier alpha value is -1.23. The van der Waals surface area contributed by atoms with Crippen molar-refractivity contribution >= 4 is 27.7 Å². The standard InChI is InChI=1S/C11H9BrFNO2/c1-5-2-3-6(7(13)4-5)8-9(12)11(16)14-10(8)15/h2-4,8-9H,1H3,(H,14,15,16). The zero-order chi connectivity index (χ0) is 11.9. The topological polar surface area (TPSA) is 46.2 Å². The van der Waals surface area contributed by atoms with Crippen molar-refractivity contribution in [3.05, 3.63) is 35.1 Å². The summed E-state index contributed by atoms with van der Waals surface area (Å²) >= 11 is 3.10. The van der Waals surface area contributed by atoms with Gasteiger partial charge in [-0.1, -0.05) is 28.1 Å². The smallest absolute Gasteiger partial charge is 0.241 e. The second-order valence-corrected chi connectivity index (χ2v) is 4.74. The zero-order valence-electron chi connectivity index (χ0n) is 8.46. The summed E-state index contributed by atoms with van der Waals surface area (Å²) in [7, 11) is 0. The van der Waals surface area contributed by atoms with Crippen LogP contribution in [0.15, 0.2) is 18.2 Å². The third-order valence-electron chi connectivity index (χ3n) is 2.56. The van der Waals surface area contributed by atoms with E-state index < -0.39 is 28.4 Å². The number of carbonyl (C=O) groups is 2. The number of imide groups is 1. The monoisotopic (exact) mass is 285 g/mol. The highest BCUT2D eigenvalue weighted by atomic mass is 79.9. The highest BCUT2D eigenvalue weighted by Gasteiger charge is 2.42. The number of nitrogens with one attached hydrogen (secondary N) is 1. The van der Waals surface area contributed by atoms with Gasteiger partial charge in [0, 0.05) is 5.56 Å². The predicted molar refractivity (Wildman–Crippen MR) is 59.7 cm³/mol. The summed E-state index contributed by atoms with van der Waals surface area (Å²) in [6.45, 7) is 1.76. The second-order valence-electron chi connectivity index (χ2n) is 3.76. The van der Waals surface area contributed by atoms with Crippen LogP contribution in [0.5, 0.6) is 0 Å². The Bertz CT molecular complexity index is 475. The van der Waals surface area contributed by atoms with Crippen molar-refractivity contribution in [2.45, 2.75) is 17.7 Å². The molecule has 16 heavy (non-hydrogen) atoms. The predicted octanol–water partition coefficient (Wildman–Crippen LogP) is 1.64. The zero-order valence-corrected chi connectivity index (χ0v) is 10.0. The summed E-state index contributed by atoms with van der Waals surface area (Å²) < 4.78 is 13.7. The molecule has 2 unspecified atom stereocenters. The molecule has 1 aliphatic rings. The number of benzene rings is 1. The van der Waals surface area contributed by atoms with Gasteiger partial charge in [0.2, 0.25) is 11.8 Å². The highest BCUT2D eigenvalue weighted by Crippen LogP contribution is 2.31. The van der Waals surface area contributed by atoms with E-state index in [9.17, 15) is 14.0 Å². The van der Waals surface area contributed by atoms with E-state index in [4.69, 9.17) is 0 Å². The summed E-state index contributed by atoms with van der Waals surface area (Å²) in [4.78, 5) is 22.1. The highest BCUT2D eigenvalue weighted by molar-refractivity contribution is 9.10. The third-order valence-corrected chi connectivity index (χ3v) is 3.51. The van der Waals surface area contributed by atoms with E-state index in [2.05, 4.69) is 21.2 Å². The van der Waals surface area contributed by atoms with Crippen molar-refractivity contribution in [3.63, 3.8) is 0 Å². The average molecular weight is 286 g/mol. The van der Waals surface area contributed by atoms with E-state index in [1.54, 1.807) is 19.1 Å². The van der Waals surface area contributed by atoms with Crippen LogP contribution in [0.4, 0.5) is 4.39 Å². The van der Waals surface area contributed by atoms with Crippen LogP contribution in [0.2, 0.25) is 0 Å². The SMILES string of the molecule is Cc1ccc(C2C(=O)NC(=O)C2Br)c(F)c1. The van der Waals surface area contributed by atoms with Gasteiger partial charge in [-0.3, -0.25) is 14.9 Å². The molecule has 0 aliphatic carbocycles. The van der Waals surface area contributed by atoms with Gasteiger partial charge in [0.25, 0.3) is 0 Å². The Morgan fingerprint density at radius 3 is 2.50 bits per heavy atom. The van der Waals surface area contributed by atoms with Crippen LogP contribution in [0.3, 0.4) is 0 Å². The van der Waals surface area contributed by atoms with E-state index in [1.165, 1.54) is 6.07 Å². The van der Waals surface area contributed by atoms with E-state index in [-0.39, 0.29) is 5.56 Å². The third kappa shape index (κ3) is 1.75. The van der Waals surface area contributed by atoms with Gasteiger partial charge in [0.15, 0.2) is 0 Å². The van der Waals surface area contributed by atoms with Crippen molar-refractivity contribution in [1.29, 1.82) is 0 Å². The van der Waals surface area contributed by atoms with E-state index >= 15 is 0 Å². The van der Waals surface area contributed by atoms with Crippen molar-refractivity contribution in [2.24, 2.45) is 0 Å². The minimum atomic E-state index is -0.784. The number of hydrogen-bond donors (Lipinski definition) is 1. The number of carbonyl (C=O) groups excluding carboxylic acids is 2. The molecule has 2 rings (SSSR count). The Labute approximate surface area is 100 Å². The van der Waals surface area contributed by atoms with Gasteiger partial charge in [-0.2, -0.15) is 0 Å². The molecule has 2 amide bonds.